The van der Waals surface area contributed by atoms with Gasteiger partial charge in [-0.3, -0.25) is 9.89 Å². The third kappa shape index (κ3) is 3.55. The first kappa shape index (κ1) is 16.4. The molecule has 2 atom stereocenters. The van der Waals surface area contributed by atoms with Gasteiger partial charge >= 0.3 is 0 Å². The lowest BCUT2D eigenvalue weighted by molar-refractivity contribution is -0.139. The molecule has 2 heterocycles. The van der Waals surface area contributed by atoms with Crippen molar-refractivity contribution < 1.29 is 18.3 Å². The molecule has 1 saturated heterocycles. The Labute approximate surface area is 138 Å². The summed E-state index contributed by atoms with van der Waals surface area (Å²) in [6.45, 7) is 2.88. The topological polar surface area (TPSA) is 58.2 Å². The number of hydrogen-bond acceptors (Lipinski definition) is 3. The monoisotopic (exact) mass is 335 g/mol. The van der Waals surface area contributed by atoms with E-state index in [2.05, 4.69) is 10.2 Å². The first-order valence-electron chi connectivity index (χ1n) is 7.94. The molecule has 1 aliphatic heterocycles. The molecular formula is C17H19F2N3O2. The van der Waals surface area contributed by atoms with Crippen LogP contribution in [0.1, 0.15) is 31.2 Å². The minimum absolute atomic E-state index is 0.137. The summed E-state index contributed by atoms with van der Waals surface area (Å²) in [4.78, 5) is 14.3. The van der Waals surface area contributed by atoms with Crippen LogP contribution < -0.4 is 4.74 Å². The van der Waals surface area contributed by atoms with Crippen molar-refractivity contribution in [2.24, 2.45) is 0 Å². The van der Waals surface area contributed by atoms with Crippen molar-refractivity contribution in [1.82, 2.24) is 15.1 Å². The number of piperidine rings is 1. The van der Waals surface area contributed by atoms with E-state index in [1.165, 1.54) is 6.07 Å². The van der Waals surface area contributed by atoms with E-state index in [4.69, 9.17) is 4.74 Å². The Kier molecular flexibility index (Phi) is 4.78. The van der Waals surface area contributed by atoms with Gasteiger partial charge in [0.2, 0.25) is 0 Å². The fourth-order valence-electron chi connectivity index (χ4n) is 3.00. The number of benzene rings is 1. The van der Waals surface area contributed by atoms with Gasteiger partial charge in [0.05, 0.1) is 6.20 Å². The Bertz CT molecular complexity index is 706. The van der Waals surface area contributed by atoms with Crippen molar-refractivity contribution in [2.45, 2.75) is 31.8 Å². The number of likely N-dealkylation sites (tertiary alicyclic amines) is 1. The Hall–Kier alpha value is -2.44. The number of aromatic nitrogens is 2. The van der Waals surface area contributed by atoms with E-state index in [-0.39, 0.29) is 17.6 Å². The molecule has 3 rings (SSSR count). The van der Waals surface area contributed by atoms with Gasteiger partial charge in [0, 0.05) is 31.3 Å². The lowest BCUT2D eigenvalue weighted by atomic mass is 9.92. The summed E-state index contributed by atoms with van der Waals surface area (Å²) < 4.78 is 31.7. The van der Waals surface area contributed by atoms with Crippen LogP contribution in [0.4, 0.5) is 8.78 Å². The van der Waals surface area contributed by atoms with E-state index in [0.717, 1.165) is 30.5 Å². The predicted octanol–water partition coefficient (Wildman–Crippen LogP) is 2.86. The van der Waals surface area contributed by atoms with Gasteiger partial charge in [0.1, 0.15) is 5.75 Å². The van der Waals surface area contributed by atoms with Crippen LogP contribution in [0, 0.1) is 11.6 Å². The summed E-state index contributed by atoms with van der Waals surface area (Å²) in [5, 5.41) is 6.75. The van der Waals surface area contributed by atoms with Gasteiger partial charge < -0.3 is 9.64 Å². The number of hydrogen-bond donors (Lipinski definition) is 1. The van der Waals surface area contributed by atoms with E-state index in [0.29, 0.717) is 13.1 Å². The third-order valence-corrected chi connectivity index (χ3v) is 4.28. The first-order chi connectivity index (χ1) is 11.5. The van der Waals surface area contributed by atoms with Gasteiger partial charge in [-0.1, -0.05) is 0 Å². The fourth-order valence-corrected chi connectivity index (χ4v) is 3.00. The number of halogens is 2. The van der Waals surface area contributed by atoms with Gasteiger partial charge in [-0.05, 0) is 37.5 Å². The quantitative estimate of drug-likeness (QED) is 0.935. The van der Waals surface area contributed by atoms with Crippen LogP contribution in [-0.2, 0) is 4.79 Å². The number of rotatable bonds is 4. The molecule has 1 fully saturated rings. The Balaban J connectivity index is 1.63. The van der Waals surface area contributed by atoms with E-state index < -0.39 is 17.7 Å². The molecule has 24 heavy (non-hydrogen) atoms. The molecule has 0 saturated carbocycles. The SMILES string of the molecule is CC(Oc1ccc(F)c(F)c1)C(=O)N1CCCC(c2cn[nH]c2)C1. The molecule has 0 bridgehead atoms. The third-order valence-electron chi connectivity index (χ3n) is 4.28. The highest BCUT2D eigenvalue weighted by Gasteiger charge is 2.29. The molecule has 1 aromatic heterocycles. The van der Waals surface area contributed by atoms with Crippen LogP contribution in [0.3, 0.4) is 0 Å². The Morgan fingerprint density at radius 2 is 2.25 bits per heavy atom. The summed E-state index contributed by atoms with van der Waals surface area (Å²) in [5.41, 5.74) is 1.08. The highest BCUT2D eigenvalue weighted by Crippen LogP contribution is 2.27. The van der Waals surface area contributed by atoms with Crippen LogP contribution in [0.5, 0.6) is 5.75 Å². The maximum Gasteiger partial charge on any atom is 0.263 e. The molecule has 0 radical (unpaired) electrons. The second kappa shape index (κ2) is 6.98. The fraction of sp³-hybridized carbons (Fsp3) is 0.412. The van der Waals surface area contributed by atoms with E-state index in [1.54, 1.807) is 18.0 Å². The molecule has 0 aliphatic carbocycles. The van der Waals surface area contributed by atoms with E-state index >= 15 is 0 Å². The van der Waals surface area contributed by atoms with Crippen LogP contribution in [0.25, 0.3) is 0 Å². The largest absolute Gasteiger partial charge is 0.481 e. The molecule has 2 aromatic rings. The lowest BCUT2D eigenvalue weighted by Gasteiger charge is -2.34. The van der Waals surface area contributed by atoms with Gasteiger partial charge in [0.25, 0.3) is 5.91 Å². The molecular weight excluding hydrogens is 316 g/mol. The van der Waals surface area contributed by atoms with Gasteiger partial charge in [0.15, 0.2) is 17.7 Å². The summed E-state index contributed by atoms with van der Waals surface area (Å²) in [7, 11) is 0. The Morgan fingerprint density at radius 3 is 2.96 bits per heavy atom. The molecule has 2 unspecified atom stereocenters. The zero-order chi connectivity index (χ0) is 17.1. The summed E-state index contributed by atoms with van der Waals surface area (Å²) in [6, 6.07) is 3.24. The Morgan fingerprint density at radius 1 is 1.42 bits per heavy atom. The van der Waals surface area contributed by atoms with Crippen molar-refractivity contribution in [3.63, 3.8) is 0 Å². The van der Waals surface area contributed by atoms with Crippen LogP contribution in [-0.4, -0.2) is 40.2 Å². The number of ether oxygens (including phenoxy) is 1. The molecule has 5 nitrogen and oxygen atoms in total. The van der Waals surface area contributed by atoms with Crippen LogP contribution >= 0.6 is 0 Å². The molecule has 128 valence electrons. The molecule has 1 N–H and O–H groups in total. The number of H-pyrrole nitrogens is 1. The normalized spacial score (nSPS) is 19.1. The second-order valence-corrected chi connectivity index (χ2v) is 5.99. The molecule has 0 spiro atoms. The van der Waals surface area contributed by atoms with Crippen molar-refractivity contribution in [1.29, 1.82) is 0 Å². The lowest BCUT2D eigenvalue weighted by Crippen LogP contribution is -2.45. The van der Waals surface area contributed by atoms with Crippen LogP contribution in [0.15, 0.2) is 30.6 Å². The molecule has 1 aliphatic rings. The molecule has 7 heteroatoms. The van der Waals surface area contributed by atoms with E-state index in [9.17, 15) is 13.6 Å². The van der Waals surface area contributed by atoms with Crippen molar-refractivity contribution in [2.75, 3.05) is 13.1 Å². The standard InChI is InChI=1S/C17H19F2N3O2/c1-11(24-14-4-5-15(18)16(19)7-14)17(23)22-6-2-3-12(10-22)13-8-20-21-9-13/h4-5,7-9,11-12H,2-3,6,10H2,1H3,(H,20,21). The summed E-state index contributed by atoms with van der Waals surface area (Å²) in [5.74, 6) is -1.71. The highest BCUT2D eigenvalue weighted by molar-refractivity contribution is 5.81. The van der Waals surface area contributed by atoms with Gasteiger partial charge in [-0.2, -0.15) is 5.10 Å². The van der Waals surface area contributed by atoms with E-state index in [1.807, 2.05) is 6.20 Å². The highest BCUT2D eigenvalue weighted by atomic mass is 19.2. The van der Waals surface area contributed by atoms with Crippen LogP contribution in [0.2, 0.25) is 0 Å². The molecule has 1 aromatic carbocycles. The number of amides is 1. The maximum atomic E-state index is 13.2. The van der Waals surface area contributed by atoms with Crippen molar-refractivity contribution >= 4 is 5.91 Å². The van der Waals surface area contributed by atoms with Crippen molar-refractivity contribution in [3.8, 4) is 5.75 Å². The van der Waals surface area contributed by atoms with Gasteiger partial charge in [-0.25, -0.2) is 8.78 Å². The van der Waals surface area contributed by atoms with Gasteiger partial charge in [-0.15, -0.1) is 0 Å². The zero-order valence-electron chi connectivity index (χ0n) is 13.3. The second-order valence-electron chi connectivity index (χ2n) is 5.99. The zero-order valence-corrected chi connectivity index (χ0v) is 13.3. The maximum absolute atomic E-state index is 13.2. The number of aromatic amines is 1. The average Bonchev–Trinajstić information content (AvgIpc) is 3.12. The van der Waals surface area contributed by atoms with Crippen molar-refractivity contribution in [3.05, 3.63) is 47.8 Å². The molecule has 1 amide bonds. The predicted molar refractivity (Wildman–Crippen MR) is 83.6 cm³/mol. The average molecular weight is 335 g/mol. The minimum atomic E-state index is -0.995. The number of nitrogens with one attached hydrogen (secondary N) is 1. The first-order valence-corrected chi connectivity index (χ1v) is 7.94. The summed E-state index contributed by atoms with van der Waals surface area (Å²) in [6.07, 6.45) is 4.76. The number of carbonyl (C=O) groups is 1. The number of nitrogens with zero attached hydrogens (tertiary/aromatic N) is 2. The number of carbonyl (C=O) groups excluding carboxylic acids is 1. The smallest absolute Gasteiger partial charge is 0.263 e. The minimum Gasteiger partial charge on any atom is -0.481 e. The summed E-state index contributed by atoms with van der Waals surface area (Å²) >= 11 is 0.